The quantitative estimate of drug-likeness (QED) is 0.808. The van der Waals surface area contributed by atoms with Crippen LogP contribution in [0.2, 0.25) is 10.0 Å². The van der Waals surface area contributed by atoms with Gasteiger partial charge in [-0.3, -0.25) is 0 Å². The zero-order valence-electron chi connectivity index (χ0n) is 10.8. The molecule has 0 aromatic heterocycles. The molecule has 3 nitrogen and oxygen atoms in total. The van der Waals surface area contributed by atoms with E-state index < -0.39 is 10.0 Å². The maximum absolute atomic E-state index is 12.3. The van der Waals surface area contributed by atoms with Crippen molar-refractivity contribution in [2.24, 2.45) is 0 Å². The molecule has 0 aliphatic rings. The molecule has 0 atom stereocenters. The normalized spacial score (nSPS) is 11.6. The van der Waals surface area contributed by atoms with Crippen molar-refractivity contribution in [3.05, 3.63) is 63.6 Å². The predicted molar refractivity (Wildman–Crippen MR) is 86.5 cm³/mol. The molecule has 0 heterocycles. The Morgan fingerprint density at radius 2 is 1.71 bits per heavy atom. The van der Waals surface area contributed by atoms with Crippen LogP contribution < -0.4 is 4.72 Å². The average Bonchev–Trinajstić information content (AvgIpc) is 2.48. The molecule has 1 N–H and O–H groups in total. The molecule has 0 fully saturated rings. The second-order valence-corrected chi connectivity index (χ2v) is 7.20. The molecule has 2 aromatic carbocycles. The number of nitrogens with one attached hydrogen (secondary N) is 1. The lowest BCUT2D eigenvalue weighted by Crippen LogP contribution is -2.23. The first-order valence-corrected chi connectivity index (χ1v) is 8.78. The highest BCUT2D eigenvalue weighted by molar-refractivity contribution is 7.89. The van der Waals surface area contributed by atoms with Crippen molar-refractivity contribution in [2.75, 3.05) is 0 Å². The molecule has 0 aliphatic heterocycles. The fourth-order valence-electron chi connectivity index (χ4n) is 1.76. The Hall–Kier alpha value is -0.780. The Morgan fingerprint density at radius 3 is 2.43 bits per heavy atom. The van der Waals surface area contributed by atoms with Crippen LogP contribution in [0.15, 0.2) is 47.4 Å². The number of hydrogen-bond donors (Lipinski definition) is 1. The Labute approximate surface area is 138 Å². The number of rotatable bonds is 5. The van der Waals surface area contributed by atoms with Crippen LogP contribution in [0.4, 0.5) is 0 Å². The molecule has 0 unspecified atom stereocenters. The van der Waals surface area contributed by atoms with Crippen molar-refractivity contribution < 1.29 is 8.42 Å². The summed E-state index contributed by atoms with van der Waals surface area (Å²) in [5.41, 5.74) is 1.74. The molecule has 0 amide bonds. The zero-order valence-corrected chi connectivity index (χ0v) is 13.9. The first-order valence-electron chi connectivity index (χ1n) is 6.01. The van der Waals surface area contributed by atoms with Crippen molar-refractivity contribution in [2.45, 2.75) is 17.3 Å². The largest absolute Gasteiger partial charge is 0.242 e. The summed E-state index contributed by atoms with van der Waals surface area (Å²) in [6, 6.07) is 11.7. The van der Waals surface area contributed by atoms with E-state index in [9.17, 15) is 8.42 Å². The van der Waals surface area contributed by atoms with Crippen LogP contribution >= 0.6 is 34.8 Å². The lowest BCUT2D eigenvalue weighted by Gasteiger charge is -2.09. The molecule has 2 aromatic rings. The summed E-state index contributed by atoms with van der Waals surface area (Å²) < 4.78 is 27.0. The van der Waals surface area contributed by atoms with Gasteiger partial charge in [0.25, 0.3) is 0 Å². The number of halogens is 3. The fourth-order valence-corrected chi connectivity index (χ4v) is 3.71. The molecule has 2 rings (SSSR count). The topological polar surface area (TPSA) is 46.2 Å². The van der Waals surface area contributed by atoms with Gasteiger partial charge in [-0.25, -0.2) is 13.1 Å². The van der Waals surface area contributed by atoms with Gasteiger partial charge in [0, 0.05) is 17.4 Å². The lowest BCUT2D eigenvalue weighted by atomic mass is 10.1. The third-order valence-corrected chi connectivity index (χ3v) is 5.22. The highest BCUT2D eigenvalue weighted by atomic mass is 35.5. The van der Waals surface area contributed by atoms with Crippen molar-refractivity contribution >= 4 is 44.8 Å². The van der Waals surface area contributed by atoms with Crippen LogP contribution in [0.1, 0.15) is 11.1 Å². The summed E-state index contributed by atoms with van der Waals surface area (Å²) in [5, 5.41) is 0.435. The summed E-state index contributed by atoms with van der Waals surface area (Å²) in [7, 11) is -3.73. The molecule has 0 aliphatic carbocycles. The molecule has 0 radical (unpaired) electrons. The van der Waals surface area contributed by atoms with Crippen molar-refractivity contribution in [3.8, 4) is 0 Å². The third kappa shape index (κ3) is 4.34. The molecule has 112 valence electrons. The van der Waals surface area contributed by atoms with Gasteiger partial charge in [-0.1, -0.05) is 47.5 Å². The first kappa shape index (κ1) is 16.6. The van der Waals surface area contributed by atoms with E-state index in [1.807, 2.05) is 24.3 Å². The monoisotopic (exact) mass is 363 g/mol. The second kappa shape index (κ2) is 6.99. The minimum Gasteiger partial charge on any atom is -0.207 e. The minimum atomic E-state index is -3.73. The Bertz CT molecular complexity index is 748. The zero-order chi connectivity index (χ0) is 15.5. The molecular weight excluding hydrogens is 353 g/mol. The Balaban J connectivity index is 2.19. The number of hydrogen-bond acceptors (Lipinski definition) is 2. The lowest BCUT2D eigenvalue weighted by molar-refractivity contribution is 0.581. The number of alkyl halides is 1. The van der Waals surface area contributed by atoms with Crippen LogP contribution in [0.25, 0.3) is 0 Å². The molecule has 21 heavy (non-hydrogen) atoms. The summed E-state index contributed by atoms with van der Waals surface area (Å²) >= 11 is 17.5. The standard InChI is InChI=1S/C14H12Cl3NO2S/c15-8-10-2-1-3-11(6-10)9-18-21(19,20)14-7-12(16)4-5-13(14)17/h1-7,18H,8-9H2. The number of sulfonamides is 1. The highest BCUT2D eigenvalue weighted by Crippen LogP contribution is 2.25. The van der Waals surface area contributed by atoms with Crippen molar-refractivity contribution in [3.63, 3.8) is 0 Å². The SMILES string of the molecule is O=S(=O)(NCc1cccc(CCl)c1)c1cc(Cl)ccc1Cl. The molecule has 0 spiro atoms. The van der Waals surface area contributed by atoms with Gasteiger partial charge in [-0.05, 0) is 29.3 Å². The van der Waals surface area contributed by atoms with Gasteiger partial charge in [0.2, 0.25) is 10.0 Å². The van der Waals surface area contributed by atoms with Crippen LogP contribution in [-0.2, 0) is 22.4 Å². The van der Waals surface area contributed by atoms with Gasteiger partial charge in [0.15, 0.2) is 0 Å². The van der Waals surface area contributed by atoms with E-state index in [0.717, 1.165) is 11.1 Å². The molecule has 7 heteroatoms. The molecule has 0 saturated heterocycles. The van der Waals surface area contributed by atoms with E-state index in [1.165, 1.54) is 18.2 Å². The fraction of sp³-hybridized carbons (Fsp3) is 0.143. The van der Waals surface area contributed by atoms with Gasteiger partial charge in [-0.2, -0.15) is 0 Å². The van der Waals surface area contributed by atoms with Crippen LogP contribution in [-0.4, -0.2) is 8.42 Å². The first-order chi connectivity index (χ1) is 9.92. The van der Waals surface area contributed by atoms with E-state index >= 15 is 0 Å². The second-order valence-electron chi connectivity index (χ2n) is 4.35. The molecular formula is C14H12Cl3NO2S. The van der Waals surface area contributed by atoms with E-state index in [0.29, 0.717) is 10.9 Å². The smallest absolute Gasteiger partial charge is 0.207 e. The summed E-state index contributed by atoms with van der Waals surface area (Å²) in [6.45, 7) is 0.149. The summed E-state index contributed by atoms with van der Waals surface area (Å²) in [5.74, 6) is 0.376. The summed E-state index contributed by atoms with van der Waals surface area (Å²) in [4.78, 5) is -0.0369. The van der Waals surface area contributed by atoms with Gasteiger partial charge < -0.3 is 0 Å². The van der Waals surface area contributed by atoms with Crippen LogP contribution in [0, 0.1) is 0 Å². The minimum absolute atomic E-state index is 0.0369. The Morgan fingerprint density at radius 1 is 1.00 bits per heavy atom. The summed E-state index contributed by atoms with van der Waals surface area (Å²) in [6.07, 6.45) is 0. The maximum Gasteiger partial charge on any atom is 0.242 e. The van der Waals surface area contributed by atoms with Crippen molar-refractivity contribution in [1.29, 1.82) is 0 Å². The Kier molecular flexibility index (Phi) is 5.52. The van der Waals surface area contributed by atoms with Crippen molar-refractivity contribution in [1.82, 2.24) is 4.72 Å². The number of benzene rings is 2. The van der Waals surface area contributed by atoms with Gasteiger partial charge >= 0.3 is 0 Å². The van der Waals surface area contributed by atoms with Crippen LogP contribution in [0.3, 0.4) is 0 Å². The van der Waals surface area contributed by atoms with Gasteiger partial charge in [0.05, 0.1) is 5.02 Å². The van der Waals surface area contributed by atoms with Crippen LogP contribution in [0.5, 0.6) is 0 Å². The van der Waals surface area contributed by atoms with E-state index in [2.05, 4.69) is 4.72 Å². The third-order valence-electron chi connectivity index (χ3n) is 2.79. The van der Waals surface area contributed by atoms with E-state index in [4.69, 9.17) is 34.8 Å². The molecule has 0 saturated carbocycles. The van der Waals surface area contributed by atoms with Gasteiger partial charge in [-0.15, -0.1) is 11.6 Å². The average molecular weight is 365 g/mol. The van der Waals surface area contributed by atoms with Gasteiger partial charge in [0.1, 0.15) is 4.90 Å². The maximum atomic E-state index is 12.3. The highest BCUT2D eigenvalue weighted by Gasteiger charge is 2.18. The molecule has 0 bridgehead atoms. The van der Waals surface area contributed by atoms with E-state index in [-0.39, 0.29) is 16.5 Å². The predicted octanol–water partition coefficient (Wildman–Crippen LogP) is 4.21. The van der Waals surface area contributed by atoms with E-state index in [1.54, 1.807) is 0 Å².